The number of anilines is 1. The van der Waals surface area contributed by atoms with E-state index in [-0.39, 0.29) is 18.1 Å². The highest BCUT2D eigenvalue weighted by molar-refractivity contribution is 6.42. The van der Waals surface area contributed by atoms with Crippen molar-refractivity contribution in [3.05, 3.63) is 87.0 Å². The summed E-state index contributed by atoms with van der Waals surface area (Å²) in [6.45, 7) is 2.28. The lowest BCUT2D eigenvalue weighted by molar-refractivity contribution is -0.117. The molecule has 0 fully saturated rings. The highest BCUT2D eigenvalue weighted by atomic mass is 35.5. The van der Waals surface area contributed by atoms with E-state index in [4.69, 9.17) is 32.7 Å². The van der Waals surface area contributed by atoms with Crippen LogP contribution in [-0.4, -0.2) is 49.0 Å². The lowest BCUT2D eigenvalue weighted by atomic mass is 10.0. The molecule has 10 heteroatoms. The van der Waals surface area contributed by atoms with E-state index < -0.39 is 18.0 Å². The number of carbonyl (C=O) groups excluding carboxylic acids is 2. The second-order valence-electron chi connectivity index (χ2n) is 7.63. The number of aromatic nitrogens is 1. The number of amides is 2. The van der Waals surface area contributed by atoms with E-state index in [0.29, 0.717) is 44.7 Å². The summed E-state index contributed by atoms with van der Waals surface area (Å²) in [5.74, 6) is -0.954. The Morgan fingerprint density at radius 2 is 1.83 bits per heavy atom. The number of nitrogens with one attached hydrogen (secondary N) is 2. The summed E-state index contributed by atoms with van der Waals surface area (Å²) in [7, 11) is 1.55. The Kier molecular flexibility index (Phi) is 7.65. The monoisotopic (exact) mass is 512 g/mol. The molecule has 1 aliphatic heterocycles. The standard InChI is InChI=1S/C25H22Cl2N4O4/c1-14-10-11-28-25(35-13-12-34-2)19(14)23(32)31-22-24(33)29-18-9-4-3-6-15(18)21(30-22)20-16(26)7-5-8-17(20)27/h3-11,22H,12-13H2,1-2H3,(H,29,33)(H,31,32). The van der Waals surface area contributed by atoms with Crippen LogP contribution >= 0.6 is 23.2 Å². The Hall–Kier alpha value is -3.46. The summed E-state index contributed by atoms with van der Waals surface area (Å²) in [5.41, 5.74) is 2.80. The molecule has 2 amide bonds. The van der Waals surface area contributed by atoms with Crippen LogP contribution in [-0.2, 0) is 9.53 Å². The van der Waals surface area contributed by atoms with E-state index >= 15 is 0 Å². The van der Waals surface area contributed by atoms with Crippen molar-refractivity contribution < 1.29 is 19.1 Å². The Morgan fingerprint density at radius 3 is 2.57 bits per heavy atom. The number of halogens is 2. The number of fused-ring (bicyclic) bond motifs is 1. The van der Waals surface area contributed by atoms with Crippen LogP contribution in [0.25, 0.3) is 0 Å². The van der Waals surface area contributed by atoms with Gasteiger partial charge in [0.15, 0.2) is 0 Å². The number of rotatable bonds is 7. The van der Waals surface area contributed by atoms with E-state index in [1.54, 1.807) is 62.7 Å². The molecule has 2 heterocycles. The topological polar surface area (TPSA) is 102 Å². The van der Waals surface area contributed by atoms with Crippen LogP contribution in [0.1, 0.15) is 27.0 Å². The molecule has 0 bridgehead atoms. The predicted octanol–water partition coefficient (Wildman–Crippen LogP) is 4.27. The van der Waals surface area contributed by atoms with E-state index in [2.05, 4.69) is 20.6 Å². The first-order chi connectivity index (χ1) is 16.9. The molecular weight excluding hydrogens is 491 g/mol. The molecule has 2 aromatic carbocycles. The van der Waals surface area contributed by atoms with Crippen molar-refractivity contribution in [3.8, 4) is 5.88 Å². The van der Waals surface area contributed by atoms with E-state index in [1.165, 1.54) is 0 Å². The molecule has 0 saturated carbocycles. The van der Waals surface area contributed by atoms with E-state index in [9.17, 15) is 9.59 Å². The number of benzodiazepines with no additional fused rings is 1. The van der Waals surface area contributed by atoms with Crippen LogP contribution < -0.4 is 15.4 Å². The summed E-state index contributed by atoms with van der Waals surface area (Å²) >= 11 is 13.0. The highest BCUT2D eigenvalue weighted by Gasteiger charge is 2.30. The van der Waals surface area contributed by atoms with Gasteiger partial charge < -0.3 is 20.1 Å². The first-order valence-electron chi connectivity index (χ1n) is 10.7. The number of carbonyl (C=O) groups is 2. The third-order valence-electron chi connectivity index (χ3n) is 5.29. The minimum atomic E-state index is -1.27. The zero-order chi connectivity index (χ0) is 24.9. The molecule has 1 unspecified atom stereocenters. The van der Waals surface area contributed by atoms with Crippen LogP contribution in [0.2, 0.25) is 10.0 Å². The van der Waals surface area contributed by atoms with Gasteiger partial charge in [0.2, 0.25) is 12.0 Å². The smallest absolute Gasteiger partial charge is 0.269 e. The van der Waals surface area contributed by atoms with Crippen molar-refractivity contribution >= 4 is 46.4 Å². The van der Waals surface area contributed by atoms with Gasteiger partial charge in [0.1, 0.15) is 12.2 Å². The molecule has 1 atom stereocenters. The second-order valence-corrected chi connectivity index (χ2v) is 8.45. The third-order valence-corrected chi connectivity index (χ3v) is 5.92. The summed E-state index contributed by atoms with van der Waals surface area (Å²) in [6, 6.07) is 13.9. The van der Waals surface area contributed by atoms with Gasteiger partial charge in [-0.1, -0.05) is 47.5 Å². The number of aryl methyl sites for hydroxylation is 1. The predicted molar refractivity (Wildman–Crippen MR) is 135 cm³/mol. The molecule has 4 rings (SSSR count). The molecule has 1 aromatic heterocycles. The van der Waals surface area contributed by atoms with Crippen molar-refractivity contribution in [2.45, 2.75) is 13.1 Å². The number of pyridine rings is 1. The number of hydrogen-bond acceptors (Lipinski definition) is 6. The minimum Gasteiger partial charge on any atom is -0.475 e. The third kappa shape index (κ3) is 5.30. The molecule has 8 nitrogen and oxygen atoms in total. The van der Waals surface area contributed by atoms with Gasteiger partial charge in [0, 0.05) is 24.4 Å². The van der Waals surface area contributed by atoms with Crippen molar-refractivity contribution in [2.75, 3.05) is 25.6 Å². The quantitative estimate of drug-likeness (QED) is 0.460. The molecule has 1 aliphatic rings. The van der Waals surface area contributed by atoms with Crippen LogP contribution in [0.15, 0.2) is 59.7 Å². The lowest BCUT2D eigenvalue weighted by Gasteiger charge is -2.16. The van der Waals surface area contributed by atoms with E-state index in [0.717, 1.165) is 0 Å². The number of methoxy groups -OCH3 is 1. The Labute approximate surface area is 212 Å². The van der Waals surface area contributed by atoms with Gasteiger partial charge >= 0.3 is 0 Å². The summed E-state index contributed by atoms with van der Waals surface area (Å²) in [6.07, 6.45) is 0.266. The summed E-state index contributed by atoms with van der Waals surface area (Å²) in [4.78, 5) is 35.2. The fraction of sp³-hybridized carbons (Fsp3) is 0.200. The largest absolute Gasteiger partial charge is 0.475 e. The highest BCUT2D eigenvalue weighted by Crippen LogP contribution is 2.32. The van der Waals surface area contributed by atoms with Crippen molar-refractivity contribution in [2.24, 2.45) is 4.99 Å². The van der Waals surface area contributed by atoms with Gasteiger partial charge in [-0.15, -0.1) is 0 Å². The molecule has 0 spiro atoms. The molecule has 0 aliphatic carbocycles. The van der Waals surface area contributed by atoms with Crippen LogP contribution in [0.4, 0.5) is 5.69 Å². The van der Waals surface area contributed by atoms with Crippen molar-refractivity contribution in [1.82, 2.24) is 10.3 Å². The maximum Gasteiger partial charge on any atom is 0.269 e. The molecule has 0 radical (unpaired) electrons. The number of benzene rings is 2. The van der Waals surface area contributed by atoms with Gasteiger partial charge in [0.05, 0.1) is 28.1 Å². The average molecular weight is 513 g/mol. The maximum absolute atomic E-state index is 13.3. The molecule has 180 valence electrons. The van der Waals surface area contributed by atoms with Crippen LogP contribution in [0.5, 0.6) is 5.88 Å². The van der Waals surface area contributed by atoms with Gasteiger partial charge in [-0.3, -0.25) is 9.59 Å². The van der Waals surface area contributed by atoms with Gasteiger partial charge in [-0.2, -0.15) is 0 Å². The maximum atomic E-state index is 13.3. The Morgan fingerprint density at radius 1 is 1.09 bits per heavy atom. The second kappa shape index (κ2) is 10.9. The Bertz CT molecular complexity index is 1290. The number of para-hydroxylation sites is 1. The average Bonchev–Trinajstić information content (AvgIpc) is 2.96. The summed E-state index contributed by atoms with van der Waals surface area (Å²) < 4.78 is 10.6. The van der Waals surface area contributed by atoms with Crippen LogP contribution in [0, 0.1) is 6.92 Å². The van der Waals surface area contributed by atoms with Gasteiger partial charge in [0.25, 0.3) is 11.8 Å². The fourth-order valence-electron chi connectivity index (χ4n) is 3.62. The lowest BCUT2D eigenvalue weighted by Crippen LogP contribution is -2.42. The first-order valence-corrected chi connectivity index (χ1v) is 11.5. The molecule has 35 heavy (non-hydrogen) atoms. The molecule has 0 saturated heterocycles. The van der Waals surface area contributed by atoms with E-state index in [1.807, 2.05) is 6.07 Å². The molecule has 2 N–H and O–H groups in total. The van der Waals surface area contributed by atoms with Gasteiger partial charge in [-0.25, -0.2) is 9.98 Å². The minimum absolute atomic E-state index is 0.134. The zero-order valence-electron chi connectivity index (χ0n) is 19.0. The Balaban J connectivity index is 1.75. The zero-order valence-corrected chi connectivity index (χ0v) is 20.5. The number of hydrogen-bond donors (Lipinski definition) is 2. The number of aliphatic imine (C=N–C) groups is 1. The number of nitrogens with zero attached hydrogens (tertiary/aromatic N) is 2. The summed E-state index contributed by atoms with van der Waals surface area (Å²) in [5, 5.41) is 6.24. The normalized spacial score (nSPS) is 14.9. The van der Waals surface area contributed by atoms with Crippen molar-refractivity contribution in [1.29, 1.82) is 0 Å². The SMILES string of the molecule is COCCOc1nccc(C)c1C(=O)NC1N=C(c2c(Cl)cccc2Cl)c2ccccc2NC1=O. The van der Waals surface area contributed by atoms with Crippen molar-refractivity contribution in [3.63, 3.8) is 0 Å². The fourth-order valence-corrected chi connectivity index (χ4v) is 4.19. The first kappa shape index (κ1) is 24.7. The van der Waals surface area contributed by atoms with Gasteiger partial charge in [-0.05, 0) is 36.8 Å². The molecule has 3 aromatic rings. The van der Waals surface area contributed by atoms with Crippen LogP contribution in [0.3, 0.4) is 0 Å². The molecular formula is C25H22Cl2N4O4. The number of ether oxygens (including phenoxy) is 2.